The maximum atomic E-state index is 6.67. The van der Waals surface area contributed by atoms with Gasteiger partial charge in [-0.25, -0.2) is 9.67 Å². The summed E-state index contributed by atoms with van der Waals surface area (Å²) in [5, 5.41) is 7.34. The largest absolute Gasteiger partial charge is 0.497 e. The maximum absolute atomic E-state index is 6.67. The Morgan fingerprint density at radius 2 is 1.48 bits per heavy atom. The quantitative estimate of drug-likeness (QED) is 0.173. The second-order valence-corrected chi connectivity index (χ2v) is 12.0. The number of methoxy groups -OCH3 is 1. The first-order chi connectivity index (χ1) is 22.4. The Morgan fingerprint density at radius 3 is 2.26 bits per heavy atom. The minimum absolute atomic E-state index is 0.753. The average molecular weight is 607 g/mol. The van der Waals surface area contributed by atoms with Crippen molar-refractivity contribution in [2.24, 2.45) is 0 Å². The molecule has 6 nitrogen and oxygen atoms in total. The van der Waals surface area contributed by atoms with Crippen LogP contribution in [0.15, 0.2) is 97.2 Å². The first kappa shape index (κ1) is 29.4. The Hall–Kier alpha value is -5.36. The summed E-state index contributed by atoms with van der Waals surface area (Å²) >= 11 is 0. The van der Waals surface area contributed by atoms with E-state index in [-0.39, 0.29) is 0 Å². The lowest BCUT2D eigenvalue weighted by molar-refractivity contribution is 0.414. The van der Waals surface area contributed by atoms with E-state index in [0.717, 1.165) is 74.8 Å². The molecule has 0 atom stereocenters. The molecule has 0 aliphatic rings. The van der Waals surface area contributed by atoms with Gasteiger partial charge in [0, 0.05) is 46.4 Å². The molecule has 0 radical (unpaired) electrons. The summed E-state index contributed by atoms with van der Waals surface area (Å²) < 4.78 is 16.4. The first-order valence-electron chi connectivity index (χ1n) is 15.8. The Morgan fingerprint density at radius 1 is 0.696 bits per heavy atom. The molecule has 6 heteroatoms. The van der Waals surface area contributed by atoms with E-state index in [2.05, 4.69) is 117 Å². The highest BCUT2D eigenvalue weighted by Crippen LogP contribution is 2.37. The Bertz CT molecular complexity index is 2220. The lowest BCUT2D eigenvalue weighted by Gasteiger charge is -2.14. The third-order valence-electron chi connectivity index (χ3n) is 8.82. The standard InChI is InChI=1S/C40H38N4O2/c1-7-11-29-20-30(44-28(5)40(27(4)42-44)39-25(2)12-10-13-26(39)3)22-33(21-29)46-32-16-17-35-34-14-8-9-15-36(34)43(37(35)23-32)38-24-31(45-6)18-19-41-38/h8-10,12-24H,7,11H2,1-6H3. The van der Waals surface area contributed by atoms with Crippen molar-refractivity contribution >= 4 is 21.8 Å². The smallest absolute Gasteiger partial charge is 0.141 e. The molecule has 0 fully saturated rings. The molecule has 3 heterocycles. The summed E-state index contributed by atoms with van der Waals surface area (Å²) in [6.45, 7) is 10.8. The van der Waals surface area contributed by atoms with Crippen molar-refractivity contribution in [2.45, 2.75) is 47.5 Å². The van der Waals surface area contributed by atoms with Crippen molar-refractivity contribution in [3.05, 3.63) is 125 Å². The zero-order valence-corrected chi connectivity index (χ0v) is 27.3. The van der Waals surface area contributed by atoms with Crippen molar-refractivity contribution in [3.63, 3.8) is 0 Å². The van der Waals surface area contributed by atoms with E-state index in [1.165, 1.54) is 27.8 Å². The van der Waals surface area contributed by atoms with Crippen LogP contribution in [-0.4, -0.2) is 26.4 Å². The van der Waals surface area contributed by atoms with Gasteiger partial charge < -0.3 is 9.47 Å². The Kier molecular flexibility index (Phi) is 7.57. The van der Waals surface area contributed by atoms with E-state index in [1.54, 1.807) is 13.3 Å². The number of nitrogens with zero attached hydrogens (tertiary/aromatic N) is 4. The number of fused-ring (bicyclic) bond motifs is 3. The van der Waals surface area contributed by atoms with Crippen LogP contribution >= 0.6 is 0 Å². The number of aryl methyl sites for hydroxylation is 4. The second-order valence-electron chi connectivity index (χ2n) is 12.0. The molecule has 0 saturated carbocycles. The van der Waals surface area contributed by atoms with E-state index in [0.29, 0.717) is 0 Å². The molecule has 0 aliphatic heterocycles. The molecule has 7 rings (SSSR count). The third-order valence-corrected chi connectivity index (χ3v) is 8.82. The number of ether oxygens (including phenoxy) is 2. The monoisotopic (exact) mass is 606 g/mol. The van der Waals surface area contributed by atoms with Gasteiger partial charge in [-0.15, -0.1) is 0 Å². The lowest BCUT2D eigenvalue weighted by Crippen LogP contribution is -2.02. The Balaban J connectivity index is 1.33. The zero-order chi connectivity index (χ0) is 31.9. The number of hydrogen-bond donors (Lipinski definition) is 0. The van der Waals surface area contributed by atoms with Crippen molar-refractivity contribution in [1.82, 2.24) is 19.3 Å². The van der Waals surface area contributed by atoms with Crippen LogP contribution in [0.2, 0.25) is 0 Å². The number of aromatic nitrogens is 4. The summed E-state index contributed by atoms with van der Waals surface area (Å²) in [6, 6.07) is 31.4. The normalized spacial score (nSPS) is 11.4. The predicted molar refractivity (Wildman–Crippen MR) is 187 cm³/mol. The molecule has 0 N–H and O–H groups in total. The van der Waals surface area contributed by atoms with E-state index in [9.17, 15) is 0 Å². The molecule has 3 aromatic heterocycles. The Labute approximate surface area is 269 Å². The highest BCUT2D eigenvalue weighted by molar-refractivity contribution is 6.09. The fourth-order valence-corrected chi connectivity index (χ4v) is 6.77. The van der Waals surface area contributed by atoms with Gasteiger partial charge in [-0.1, -0.05) is 49.7 Å². The SMILES string of the molecule is CCCc1cc(Oc2ccc3c4ccccc4n(-c4cc(OC)ccn4)c3c2)cc(-n2nc(C)c(-c3c(C)cccc3C)c2C)c1. The fourth-order valence-electron chi connectivity index (χ4n) is 6.77. The highest BCUT2D eigenvalue weighted by Gasteiger charge is 2.19. The van der Waals surface area contributed by atoms with E-state index in [4.69, 9.17) is 19.6 Å². The van der Waals surface area contributed by atoms with E-state index >= 15 is 0 Å². The topological polar surface area (TPSA) is 54.1 Å². The molecule has 0 unspecified atom stereocenters. The molecular formula is C40H38N4O2. The molecule has 4 aromatic carbocycles. The van der Waals surface area contributed by atoms with Gasteiger partial charge in [-0.3, -0.25) is 4.57 Å². The molecule has 0 saturated heterocycles. The molecule has 0 spiro atoms. The minimum atomic E-state index is 0.753. The summed E-state index contributed by atoms with van der Waals surface area (Å²) in [4.78, 5) is 4.70. The first-order valence-corrected chi connectivity index (χ1v) is 15.8. The fraction of sp³-hybridized carbons (Fsp3) is 0.200. The van der Waals surface area contributed by atoms with Gasteiger partial charge in [0.25, 0.3) is 0 Å². The maximum Gasteiger partial charge on any atom is 0.141 e. The molecule has 46 heavy (non-hydrogen) atoms. The van der Waals surface area contributed by atoms with Gasteiger partial charge in [0.05, 0.1) is 29.5 Å². The van der Waals surface area contributed by atoms with Crippen LogP contribution in [-0.2, 0) is 6.42 Å². The van der Waals surface area contributed by atoms with Crippen LogP contribution in [0, 0.1) is 27.7 Å². The summed E-state index contributed by atoms with van der Waals surface area (Å²) in [7, 11) is 1.68. The van der Waals surface area contributed by atoms with Crippen LogP contribution in [0.4, 0.5) is 0 Å². The minimum Gasteiger partial charge on any atom is -0.497 e. The van der Waals surface area contributed by atoms with Gasteiger partial charge in [-0.05, 0) is 92.8 Å². The molecule has 0 bridgehead atoms. The van der Waals surface area contributed by atoms with Crippen LogP contribution in [0.3, 0.4) is 0 Å². The number of pyridine rings is 1. The van der Waals surface area contributed by atoms with Crippen molar-refractivity contribution in [1.29, 1.82) is 0 Å². The third kappa shape index (κ3) is 5.10. The van der Waals surface area contributed by atoms with Crippen molar-refractivity contribution < 1.29 is 9.47 Å². The number of para-hydroxylation sites is 1. The van der Waals surface area contributed by atoms with Gasteiger partial charge in [0.1, 0.15) is 23.1 Å². The van der Waals surface area contributed by atoms with E-state index < -0.39 is 0 Å². The number of rotatable bonds is 8. The second kappa shape index (κ2) is 11.9. The average Bonchev–Trinajstić information content (AvgIpc) is 3.54. The van der Waals surface area contributed by atoms with Crippen molar-refractivity contribution in [3.8, 4) is 39.9 Å². The van der Waals surface area contributed by atoms with Crippen LogP contribution in [0.5, 0.6) is 17.2 Å². The van der Waals surface area contributed by atoms with E-state index in [1.807, 2.05) is 18.2 Å². The molecule has 7 aromatic rings. The van der Waals surface area contributed by atoms with Crippen molar-refractivity contribution in [2.75, 3.05) is 7.11 Å². The highest BCUT2D eigenvalue weighted by atomic mass is 16.5. The number of hydrogen-bond acceptors (Lipinski definition) is 4. The van der Waals surface area contributed by atoms with Gasteiger partial charge in [0.15, 0.2) is 0 Å². The molecule has 0 amide bonds. The number of benzene rings is 4. The lowest BCUT2D eigenvalue weighted by atomic mass is 9.94. The summed E-state index contributed by atoms with van der Waals surface area (Å²) in [6.07, 6.45) is 3.76. The van der Waals surface area contributed by atoms with Gasteiger partial charge in [0.2, 0.25) is 0 Å². The predicted octanol–water partition coefficient (Wildman–Crippen LogP) is 10.0. The van der Waals surface area contributed by atoms with Crippen LogP contribution in [0.25, 0.3) is 44.4 Å². The molecule has 230 valence electrons. The zero-order valence-electron chi connectivity index (χ0n) is 27.3. The molecule has 0 aliphatic carbocycles. The van der Waals surface area contributed by atoms with Gasteiger partial charge in [-0.2, -0.15) is 5.10 Å². The summed E-state index contributed by atoms with van der Waals surface area (Å²) in [5.41, 5.74) is 11.4. The molecular weight excluding hydrogens is 568 g/mol. The van der Waals surface area contributed by atoms with Gasteiger partial charge >= 0.3 is 0 Å². The summed E-state index contributed by atoms with van der Waals surface area (Å²) in [5.74, 6) is 3.08. The van der Waals surface area contributed by atoms with Crippen LogP contribution < -0.4 is 9.47 Å². The van der Waals surface area contributed by atoms with Crippen LogP contribution in [0.1, 0.15) is 41.4 Å².